The Bertz CT molecular complexity index is 1310. The van der Waals surface area contributed by atoms with E-state index in [9.17, 15) is 0 Å². The number of piperidine rings is 1. The van der Waals surface area contributed by atoms with Gasteiger partial charge in [-0.25, -0.2) is 14.5 Å². The SMILES string of the molecule is CCc1nc2ccccc2n1C1CCN(c2nn3cc(-c4cccnc4)nc3s2)CC1. The number of para-hydroxylation sites is 2. The molecule has 1 saturated heterocycles. The quantitative estimate of drug-likeness (QED) is 0.418. The number of nitrogens with zero attached hydrogens (tertiary/aromatic N) is 7. The average Bonchev–Trinajstić information content (AvgIpc) is 3.51. The Morgan fingerprint density at radius 3 is 2.71 bits per heavy atom. The van der Waals surface area contributed by atoms with Crippen LogP contribution in [0.15, 0.2) is 55.0 Å². The van der Waals surface area contributed by atoms with Crippen molar-refractivity contribution >= 4 is 32.5 Å². The lowest BCUT2D eigenvalue weighted by molar-refractivity contribution is 0.394. The topological polar surface area (TPSA) is 64.1 Å². The van der Waals surface area contributed by atoms with Crippen LogP contribution >= 0.6 is 11.3 Å². The number of benzene rings is 1. The molecule has 5 heterocycles. The van der Waals surface area contributed by atoms with E-state index in [2.05, 4.69) is 45.6 Å². The first kappa shape index (κ1) is 18.5. The standard InChI is InChI=1S/C23H23N7S/c1-2-21-25-18-7-3-4-8-20(18)30(21)17-9-12-28(13-10-17)23-27-29-15-19(26-22(29)31-23)16-6-5-11-24-14-16/h3-8,11,14-15,17H,2,9-10,12-13H2,1H3. The van der Waals surface area contributed by atoms with E-state index in [1.165, 1.54) is 11.3 Å². The highest BCUT2D eigenvalue weighted by Crippen LogP contribution is 2.33. The fourth-order valence-electron chi connectivity index (χ4n) is 4.54. The van der Waals surface area contributed by atoms with Crippen LogP contribution in [-0.4, -0.2) is 42.2 Å². The molecule has 8 heteroatoms. The second-order valence-electron chi connectivity index (χ2n) is 7.94. The van der Waals surface area contributed by atoms with Crippen molar-refractivity contribution in [1.29, 1.82) is 0 Å². The summed E-state index contributed by atoms with van der Waals surface area (Å²) < 4.78 is 4.37. The molecule has 0 bridgehead atoms. The molecule has 0 spiro atoms. The van der Waals surface area contributed by atoms with Crippen LogP contribution in [0.25, 0.3) is 27.3 Å². The molecule has 4 aromatic heterocycles. The van der Waals surface area contributed by atoms with Crippen LogP contribution in [0.2, 0.25) is 0 Å². The summed E-state index contributed by atoms with van der Waals surface area (Å²) in [5.74, 6) is 1.19. The number of rotatable bonds is 4. The van der Waals surface area contributed by atoms with Gasteiger partial charge in [0, 0.05) is 43.5 Å². The summed E-state index contributed by atoms with van der Waals surface area (Å²) >= 11 is 1.66. The fraction of sp³-hybridized carbons (Fsp3) is 0.304. The van der Waals surface area contributed by atoms with Gasteiger partial charge in [0.15, 0.2) is 0 Å². The van der Waals surface area contributed by atoms with Crippen molar-refractivity contribution in [3.05, 3.63) is 60.8 Å². The number of fused-ring (bicyclic) bond motifs is 2. The second kappa shape index (κ2) is 7.46. The number of aryl methyl sites for hydroxylation is 1. The van der Waals surface area contributed by atoms with E-state index in [0.29, 0.717) is 6.04 Å². The van der Waals surface area contributed by atoms with Gasteiger partial charge in [-0.2, -0.15) is 0 Å². The maximum Gasteiger partial charge on any atom is 0.214 e. The Labute approximate surface area is 184 Å². The monoisotopic (exact) mass is 429 g/mol. The minimum absolute atomic E-state index is 0.486. The van der Waals surface area contributed by atoms with Gasteiger partial charge in [0.25, 0.3) is 0 Å². The van der Waals surface area contributed by atoms with Crippen LogP contribution in [0.1, 0.15) is 31.6 Å². The lowest BCUT2D eigenvalue weighted by Gasteiger charge is -2.33. The molecule has 6 rings (SSSR count). The smallest absolute Gasteiger partial charge is 0.214 e. The molecule has 0 saturated carbocycles. The maximum atomic E-state index is 4.86. The zero-order valence-corrected chi connectivity index (χ0v) is 18.2. The predicted molar refractivity (Wildman–Crippen MR) is 124 cm³/mol. The molecule has 1 aromatic carbocycles. The third-order valence-electron chi connectivity index (χ3n) is 6.08. The van der Waals surface area contributed by atoms with Crippen molar-refractivity contribution < 1.29 is 0 Å². The molecule has 7 nitrogen and oxygen atoms in total. The van der Waals surface area contributed by atoms with Gasteiger partial charge >= 0.3 is 0 Å². The molecule has 0 unspecified atom stereocenters. The van der Waals surface area contributed by atoms with E-state index in [1.54, 1.807) is 17.5 Å². The largest absolute Gasteiger partial charge is 0.347 e. The zero-order valence-electron chi connectivity index (χ0n) is 17.3. The van der Waals surface area contributed by atoms with Gasteiger partial charge in [-0.1, -0.05) is 30.4 Å². The lowest BCUT2D eigenvalue weighted by atomic mass is 10.0. The van der Waals surface area contributed by atoms with Crippen LogP contribution in [0.3, 0.4) is 0 Å². The average molecular weight is 430 g/mol. The Morgan fingerprint density at radius 1 is 1.06 bits per heavy atom. The van der Waals surface area contributed by atoms with Crippen LogP contribution < -0.4 is 4.90 Å². The van der Waals surface area contributed by atoms with Crippen molar-refractivity contribution in [2.75, 3.05) is 18.0 Å². The van der Waals surface area contributed by atoms with Gasteiger partial charge in [0.1, 0.15) is 5.82 Å². The van der Waals surface area contributed by atoms with Gasteiger partial charge < -0.3 is 9.47 Å². The molecule has 1 aliphatic heterocycles. The molecule has 0 radical (unpaired) electrons. The van der Waals surface area contributed by atoms with Gasteiger partial charge in [0.05, 0.1) is 22.9 Å². The van der Waals surface area contributed by atoms with Crippen LogP contribution in [0, 0.1) is 0 Å². The van der Waals surface area contributed by atoms with E-state index in [1.807, 2.05) is 29.0 Å². The maximum absolute atomic E-state index is 4.86. The highest BCUT2D eigenvalue weighted by Gasteiger charge is 2.26. The molecule has 0 aliphatic carbocycles. The highest BCUT2D eigenvalue weighted by atomic mass is 32.1. The molecule has 31 heavy (non-hydrogen) atoms. The first-order valence-electron chi connectivity index (χ1n) is 10.8. The molecule has 156 valence electrons. The summed E-state index contributed by atoms with van der Waals surface area (Å²) in [6, 6.07) is 12.9. The van der Waals surface area contributed by atoms with Crippen molar-refractivity contribution in [3.8, 4) is 11.3 Å². The van der Waals surface area contributed by atoms with Crippen LogP contribution in [0.4, 0.5) is 5.13 Å². The summed E-state index contributed by atoms with van der Waals surface area (Å²) in [6.45, 7) is 4.18. The fourth-order valence-corrected chi connectivity index (χ4v) is 5.47. The van der Waals surface area contributed by atoms with Crippen LogP contribution in [0.5, 0.6) is 0 Å². The molecular weight excluding hydrogens is 406 g/mol. The van der Waals surface area contributed by atoms with Gasteiger partial charge in [-0.15, -0.1) is 5.10 Å². The molecule has 1 aliphatic rings. The summed E-state index contributed by atoms with van der Waals surface area (Å²) in [7, 11) is 0. The first-order valence-corrected chi connectivity index (χ1v) is 11.6. The number of aromatic nitrogens is 6. The van der Waals surface area contributed by atoms with Crippen molar-refractivity contribution in [3.63, 3.8) is 0 Å². The molecular formula is C23H23N7S. The van der Waals surface area contributed by atoms with Crippen LogP contribution in [-0.2, 0) is 6.42 Å². The number of pyridine rings is 1. The molecule has 0 N–H and O–H groups in total. The Balaban J connectivity index is 1.22. The number of anilines is 1. The summed E-state index contributed by atoms with van der Waals surface area (Å²) in [5.41, 5.74) is 4.29. The molecule has 5 aromatic rings. The minimum Gasteiger partial charge on any atom is -0.347 e. The Hall–Kier alpha value is -3.26. The van der Waals surface area contributed by atoms with Crippen molar-refractivity contribution in [2.45, 2.75) is 32.2 Å². The second-order valence-corrected chi connectivity index (χ2v) is 8.87. The molecule has 1 fully saturated rings. The third kappa shape index (κ3) is 3.18. The first-order chi connectivity index (χ1) is 15.3. The van der Waals surface area contributed by atoms with E-state index >= 15 is 0 Å². The van der Waals surface area contributed by atoms with Gasteiger partial charge in [0.2, 0.25) is 10.1 Å². The lowest BCUT2D eigenvalue weighted by Crippen LogP contribution is -2.35. The number of hydrogen-bond acceptors (Lipinski definition) is 6. The summed E-state index contributed by atoms with van der Waals surface area (Å²) in [5, 5.41) is 5.86. The van der Waals surface area contributed by atoms with E-state index < -0.39 is 0 Å². The van der Waals surface area contributed by atoms with Gasteiger partial charge in [-0.3, -0.25) is 4.98 Å². The highest BCUT2D eigenvalue weighted by molar-refractivity contribution is 7.20. The van der Waals surface area contributed by atoms with E-state index in [0.717, 1.165) is 59.2 Å². The minimum atomic E-state index is 0.486. The normalized spacial score (nSPS) is 15.3. The predicted octanol–water partition coefficient (Wildman–Crippen LogP) is 4.61. The number of imidazole rings is 2. The van der Waals surface area contributed by atoms with Crippen molar-refractivity contribution in [1.82, 2.24) is 29.1 Å². The van der Waals surface area contributed by atoms with E-state index in [4.69, 9.17) is 15.1 Å². The summed E-state index contributed by atoms with van der Waals surface area (Å²) in [4.78, 5) is 17.1. The third-order valence-corrected chi connectivity index (χ3v) is 7.06. The Morgan fingerprint density at radius 2 is 1.94 bits per heavy atom. The zero-order chi connectivity index (χ0) is 20.8. The Kier molecular flexibility index (Phi) is 4.45. The number of hydrogen-bond donors (Lipinski definition) is 0. The van der Waals surface area contributed by atoms with Crippen molar-refractivity contribution in [2.24, 2.45) is 0 Å². The van der Waals surface area contributed by atoms with E-state index in [-0.39, 0.29) is 0 Å². The summed E-state index contributed by atoms with van der Waals surface area (Å²) in [6.07, 6.45) is 8.74. The molecule has 0 amide bonds. The molecule has 0 atom stereocenters. The van der Waals surface area contributed by atoms with Gasteiger partial charge in [-0.05, 0) is 37.1 Å².